The molecule has 0 bridgehead atoms. The summed E-state index contributed by atoms with van der Waals surface area (Å²) in [6.07, 6.45) is 8.17. The molecule has 0 saturated carbocycles. The second-order valence-corrected chi connectivity index (χ2v) is 5.99. The number of nitrogens with zero attached hydrogens (tertiary/aromatic N) is 5. The van der Waals surface area contributed by atoms with E-state index in [0.717, 1.165) is 23.2 Å². The Morgan fingerprint density at radius 1 is 1.29 bits per heavy atom. The number of aryl methyl sites for hydroxylation is 1. The summed E-state index contributed by atoms with van der Waals surface area (Å²) in [5.41, 5.74) is 2.54. The molecule has 4 rings (SSSR count). The molecule has 8 nitrogen and oxygen atoms in total. The van der Waals surface area contributed by atoms with Gasteiger partial charge in [0.05, 0.1) is 37.5 Å². The lowest BCUT2D eigenvalue weighted by Crippen LogP contribution is -2.43. The van der Waals surface area contributed by atoms with Gasteiger partial charge in [-0.3, -0.25) is 4.68 Å². The molecule has 1 N–H and O–H groups in total. The molecule has 8 heteroatoms. The highest BCUT2D eigenvalue weighted by molar-refractivity contribution is 5.63. The van der Waals surface area contributed by atoms with Crippen LogP contribution in [0.3, 0.4) is 0 Å². The van der Waals surface area contributed by atoms with Crippen LogP contribution < -0.4 is 10.1 Å². The Morgan fingerprint density at radius 2 is 2.21 bits per heavy atom. The Balaban J connectivity index is 1.67. The summed E-state index contributed by atoms with van der Waals surface area (Å²) in [5, 5.41) is 11.8. The maximum atomic E-state index is 6.16. The van der Waals surface area contributed by atoms with Crippen LogP contribution in [0.2, 0.25) is 0 Å². The molecule has 1 unspecified atom stereocenters. The second kappa shape index (κ2) is 6.21. The van der Waals surface area contributed by atoms with Gasteiger partial charge < -0.3 is 14.8 Å². The molecule has 1 saturated heterocycles. The average molecular weight is 328 g/mol. The molecular weight excluding hydrogens is 308 g/mol. The Morgan fingerprint density at radius 3 is 3.00 bits per heavy atom. The van der Waals surface area contributed by atoms with Crippen LogP contribution >= 0.6 is 0 Å². The topological polar surface area (TPSA) is 78.5 Å². The first-order chi connectivity index (χ1) is 11.7. The maximum Gasteiger partial charge on any atom is 0.241 e. The van der Waals surface area contributed by atoms with E-state index in [4.69, 9.17) is 9.47 Å². The Bertz CT molecular complexity index is 842. The summed E-state index contributed by atoms with van der Waals surface area (Å²) in [7, 11) is 3.82. The lowest BCUT2D eigenvalue weighted by atomic mass is 10.1. The van der Waals surface area contributed by atoms with Gasteiger partial charge in [0.15, 0.2) is 0 Å². The lowest BCUT2D eigenvalue weighted by Gasteiger charge is -2.29. The maximum absolute atomic E-state index is 6.16. The Hall–Kier alpha value is -2.45. The first-order valence-electron chi connectivity index (χ1n) is 7.98. The number of ether oxygens (including phenoxy) is 2. The molecule has 0 aliphatic carbocycles. The van der Waals surface area contributed by atoms with E-state index in [9.17, 15) is 0 Å². The van der Waals surface area contributed by atoms with Crippen molar-refractivity contribution < 1.29 is 9.47 Å². The van der Waals surface area contributed by atoms with Gasteiger partial charge in [-0.15, -0.1) is 0 Å². The number of rotatable bonds is 4. The van der Waals surface area contributed by atoms with E-state index in [-0.39, 0.29) is 6.10 Å². The molecule has 0 radical (unpaired) electrons. The van der Waals surface area contributed by atoms with Gasteiger partial charge in [-0.1, -0.05) is 0 Å². The Kier molecular flexibility index (Phi) is 3.91. The van der Waals surface area contributed by atoms with E-state index in [0.29, 0.717) is 25.1 Å². The first-order valence-corrected chi connectivity index (χ1v) is 7.98. The molecule has 0 spiro atoms. The summed E-state index contributed by atoms with van der Waals surface area (Å²) in [6.45, 7) is 1.28. The molecule has 1 aliphatic rings. The summed E-state index contributed by atoms with van der Waals surface area (Å²) in [4.78, 5) is 4.69. The highest BCUT2D eigenvalue weighted by atomic mass is 16.5. The predicted molar refractivity (Wildman–Crippen MR) is 87.9 cm³/mol. The minimum Gasteiger partial charge on any atom is -0.470 e. The van der Waals surface area contributed by atoms with Crippen LogP contribution in [-0.2, 0) is 11.8 Å². The van der Waals surface area contributed by atoms with E-state index in [1.807, 2.05) is 32.6 Å². The standard InChI is InChI=1S/C16H20N6O2/c1-17-12-5-13(10-23-9-12)24-16-15-3-4-18-22(15)8-14(20-16)11-6-19-21(2)7-11/h3-4,6-8,12-13,17H,5,9-10H2,1-2H3/t12?,13-/m1/s1. The van der Waals surface area contributed by atoms with Gasteiger partial charge in [-0.05, 0) is 13.1 Å². The molecule has 0 aromatic carbocycles. The molecule has 1 aliphatic heterocycles. The summed E-state index contributed by atoms with van der Waals surface area (Å²) >= 11 is 0. The molecule has 4 heterocycles. The summed E-state index contributed by atoms with van der Waals surface area (Å²) in [6, 6.07) is 2.19. The summed E-state index contributed by atoms with van der Waals surface area (Å²) in [5.74, 6) is 0.569. The third-order valence-electron chi connectivity index (χ3n) is 4.21. The zero-order valence-corrected chi connectivity index (χ0v) is 13.7. The third-order valence-corrected chi connectivity index (χ3v) is 4.21. The van der Waals surface area contributed by atoms with Crippen LogP contribution in [-0.4, -0.2) is 56.8 Å². The van der Waals surface area contributed by atoms with E-state index >= 15 is 0 Å². The number of fused-ring (bicyclic) bond motifs is 1. The molecule has 1 fully saturated rings. The number of nitrogens with one attached hydrogen (secondary N) is 1. The van der Waals surface area contributed by atoms with Crippen LogP contribution in [0, 0.1) is 0 Å². The van der Waals surface area contributed by atoms with Gasteiger partial charge >= 0.3 is 0 Å². The minimum absolute atomic E-state index is 0.0356. The van der Waals surface area contributed by atoms with Gasteiger partial charge in [0.1, 0.15) is 11.6 Å². The zero-order chi connectivity index (χ0) is 16.5. The first kappa shape index (κ1) is 15.1. The van der Waals surface area contributed by atoms with E-state index in [1.54, 1.807) is 21.6 Å². The van der Waals surface area contributed by atoms with Crippen molar-refractivity contribution in [3.8, 4) is 17.1 Å². The van der Waals surface area contributed by atoms with Crippen molar-refractivity contribution in [2.24, 2.45) is 7.05 Å². The SMILES string of the molecule is CNC1COC[C@H](Oc2nc(-c3cnn(C)c3)cn3nccc23)C1. The van der Waals surface area contributed by atoms with Gasteiger partial charge in [-0.25, -0.2) is 9.50 Å². The van der Waals surface area contributed by atoms with Crippen molar-refractivity contribution in [3.63, 3.8) is 0 Å². The monoisotopic (exact) mass is 328 g/mol. The Labute approximate surface area is 139 Å². The molecule has 0 amide bonds. The highest BCUT2D eigenvalue weighted by Crippen LogP contribution is 2.25. The van der Waals surface area contributed by atoms with Crippen LogP contribution in [0.5, 0.6) is 5.88 Å². The van der Waals surface area contributed by atoms with E-state index in [2.05, 4.69) is 20.5 Å². The minimum atomic E-state index is -0.0356. The number of likely N-dealkylation sites (N-methyl/N-ethyl adjacent to an activating group) is 1. The fourth-order valence-electron chi connectivity index (χ4n) is 2.91. The van der Waals surface area contributed by atoms with Crippen molar-refractivity contribution in [3.05, 3.63) is 30.9 Å². The van der Waals surface area contributed by atoms with Crippen molar-refractivity contribution in [1.82, 2.24) is 29.7 Å². The molecule has 126 valence electrons. The largest absolute Gasteiger partial charge is 0.470 e. The molecular formula is C16H20N6O2. The fourth-order valence-corrected chi connectivity index (χ4v) is 2.91. The van der Waals surface area contributed by atoms with Crippen LogP contribution in [0.15, 0.2) is 30.9 Å². The average Bonchev–Trinajstić information content (AvgIpc) is 3.23. The van der Waals surface area contributed by atoms with E-state index in [1.165, 1.54) is 0 Å². The third kappa shape index (κ3) is 2.85. The zero-order valence-electron chi connectivity index (χ0n) is 13.7. The van der Waals surface area contributed by atoms with Gasteiger partial charge in [0.25, 0.3) is 0 Å². The van der Waals surface area contributed by atoms with Crippen molar-refractivity contribution >= 4 is 5.52 Å². The van der Waals surface area contributed by atoms with Gasteiger partial charge in [-0.2, -0.15) is 10.2 Å². The normalized spacial score (nSPS) is 21.2. The lowest BCUT2D eigenvalue weighted by molar-refractivity contribution is -0.0108. The van der Waals surface area contributed by atoms with Gasteiger partial charge in [0, 0.05) is 31.3 Å². The molecule has 24 heavy (non-hydrogen) atoms. The molecule has 3 aromatic rings. The number of aromatic nitrogens is 5. The van der Waals surface area contributed by atoms with Crippen LogP contribution in [0.1, 0.15) is 6.42 Å². The summed E-state index contributed by atoms with van der Waals surface area (Å²) < 4.78 is 15.3. The number of hydrogen-bond donors (Lipinski definition) is 1. The predicted octanol–water partition coefficient (Wildman–Crippen LogP) is 0.885. The van der Waals surface area contributed by atoms with Crippen molar-refractivity contribution in [1.29, 1.82) is 0 Å². The van der Waals surface area contributed by atoms with Gasteiger partial charge in [0.2, 0.25) is 5.88 Å². The smallest absolute Gasteiger partial charge is 0.241 e. The quantitative estimate of drug-likeness (QED) is 0.766. The van der Waals surface area contributed by atoms with Crippen molar-refractivity contribution in [2.75, 3.05) is 20.3 Å². The van der Waals surface area contributed by atoms with E-state index < -0.39 is 0 Å². The molecule has 3 aromatic heterocycles. The number of hydrogen-bond acceptors (Lipinski definition) is 6. The second-order valence-electron chi connectivity index (χ2n) is 5.99. The van der Waals surface area contributed by atoms with Crippen LogP contribution in [0.4, 0.5) is 0 Å². The van der Waals surface area contributed by atoms with Crippen LogP contribution in [0.25, 0.3) is 16.8 Å². The fraction of sp³-hybridized carbons (Fsp3) is 0.438. The van der Waals surface area contributed by atoms with Crippen molar-refractivity contribution in [2.45, 2.75) is 18.6 Å². The highest BCUT2D eigenvalue weighted by Gasteiger charge is 2.24. The molecule has 2 atom stereocenters.